The summed E-state index contributed by atoms with van der Waals surface area (Å²) in [6.45, 7) is 0. The standard InChI is InChI=1S/C12H12N2O3S/c1-17-12(16)9-3-2-4-10(7-9)14-11(15)8-18-6-5-13/h2-4,7H,6,8H2,1H3,(H,14,15). The molecule has 94 valence electrons. The van der Waals surface area contributed by atoms with Crippen molar-refractivity contribution in [2.24, 2.45) is 0 Å². The molecule has 0 atom stereocenters. The number of nitrogens with zero attached hydrogens (tertiary/aromatic N) is 1. The first kappa shape index (κ1) is 14.1. The predicted molar refractivity (Wildman–Crippen MR) is 69.3 cm³/mol. The minimum absolute atomic E-state index is 0.204. The molecule has 6 heteroatoms. The van der Waals surface area contributed by atoms with E-state index < -0.39 is 5.97 Å². The van der Waals surface area contributed by atoms with Crippen LogP contribution < -0.4 is 5.32 Å². The summed E-state index contributed by atoms with van der Waals surface area (Å²) in [4.78, 5) is 22.8. The monoisotopic (exact) mass is 264 g/mol. The third kappa shape index (κ3) is 4.47. The normalized spacial score (nSPS) is 9.33. The molecule has 18 heavy (non-hydrogen) atoms. The Morgan fingerprint density at radius 3 is 2.94 bits per heavy atom. The molecular weight excluding hydrogens is 252 g/mol. The zero-order valence-corrected chi connectivity index (χ0v) is 10.6. The summed E-state index contributed by atoms with van der Waals surface area (Å²) in [7, 11) is 1.30. The first-order chi connectivity index (χ1) is 8.67. The highest BCUT2D eigenvalue weighted by atomic mass is 32.2. The van der Waals surface area contributed by atoms with E-state index in [0.29, 0.717) is 11.3 Å². The first-order valence-electron chi connectivity index (χ1n) is 5.10. The quantitative estimate of drug-likeness (QED) is 0.646. The summed E-state index contributed by atoms with van der Waals surface area (Å²) >= 11 is 1.23. The SMILES string of the molecule is COC(=O)c1cccc(NC(=O)CSCC#N)c1. The Labute approximate surface area is 109 Å². The lowest BCUT2D eigenvalue weighted by Gasteiger charge is -2.05. The molecule has 0 aromatic heterocycles. The number of ether oxygens (including phenoxy) is 1. The maximum atomic E-state index is 11.5. The van der Waals surface area contributed by atoms with Crippen molar-refractivity contribution in [2.75, 3.05) is 23.9 Å². The van der Waals surface area contributed by atoms with Gasteiger partial charge in [-0.1, -0.05) is 6.07 Å². The van der Waals surface area contributed by atoms with Crippen LogP contribution >= 0.6 is 11.8 Å². The zero-order valence-electron chi connectivity index (χ0n) is 9.80. The zero-order chi connectivity index (χ0) is 13.4. The molecule has 1 rings (SSSR count). The van der Waals surface area contributed by atoms with Gasteiger partial charge in [-0.15, -0.1) is 11.8 Å². The summed E-state index contributed by atoms with van der Waals surface area (Å²) in [5.41, 5.74) is 0.903. The minimum atomic E-state index is -0.454. The van der Waals surface area contributed by atoms with E-state index in [1.165, 1.54) is 18.9 Å². The van der Waals surface area contributed by atoms with Crippen LogP contribution in [0.3, 0.4) is 0 Å². The van der Waals surface area contributed by atoms with Crippen LogP contribution in [0.15, 0.2) is 24.3 Å². The molecular formula is C12H12N2O3S. The summed E-state index contributed by atoms with van der Waals surface area (Å²) < 4.78 is 4.58. The molecule has 0 aliphatic heterocycles. The highest BCUT2D eigenvalue weighted by Gasteiger charge is 2.07. The highest BCUT2D eigenvalue weighted by Crippen LogP contribution is 2.12. The number of hydrogen-bond acceptors (Lipinski definition) is 5. The number of thioether (sulfide) groups is 1. The van der Waals surface area contributed by atoms with Crippen molar-refractivity contribution < 1.29 is 14.3 Å². The Morgan fingerprint density at radius 2 is 2.28 bits per heavy atom. The smallest absolute Gasteiger partial charge is 0.337 e. The molecule has 1 N–H and O–H groups in total. The van der Waals surface area contributed by atoms with Gasteiger partial charge in [0, 0.05) is 5.69 Å². The third-order valence-corrected chi connectivity index (χ3v) is 2.77. The molecule has 1 amide bonds. The summed E-state index contributed by atoms with van der Waals surface area (Å²) in [5, 5.41) is 11.0. The number of nitriles is 1. The van der Waals surface area contributed by atoms with Crippen LogP contribution in [-0.2, 0) is 9.53 Å². The number of hydrogen-bond donors (Lipinski definition) is 1. The Hall–Kier alpha value is -2.00. The largest absolute Gasteiger partial charge is 0.465 e. The maximum Gasteiger partial charge on any atom is 0.337 e. The van der Waals surface area contributed by atoms with Gasteiger partial charge in [-0.2, -0.15) is 5.26 Å². The molecule has 5 nitrogen and oxygen atoms in total. The van der Waals surface area contributed by atoms with Crippen LogP contribution in [0.2, 0.25) is 0 Å². The Balaban J connectivity index is 2.59. The van der Waals surface area contributed by atoms with E-state index in [0.717, 1.165) is 0 Å². The Bertz CT molecular complexity index is 482. The van der Waals surface area contributed by atoms with Crippen molar-refractivity contribution in [1.29, 1.82) is 5.26 Å². The van der Waals surface area contributed by atoms with Gasteiger partial charge in [0.1, 0.15) is 0 Å². The molecule has 0 saturated carbocycles. The minimum Gasteiger partial charge on any atom is -0.465 e. The molecule has 0 radical (unpaired) electrons. The number of carbonyl (C=O) groups excluding carboxylic acids is 2. The lowest BCUT2D eigenvalue weighted by molar-refractivity contribution is -0.113. The van der Waals surface area contributed by atoms with Crippen LogP contribution in [0.4, 0.5) is 5.69 Å². The fourth-order valence-electron chi connectivity index (χ4n) is 1.23. The summed E-state index contributed by atoms with van der Waals surface area (Å²) in [5.74, 6) is -0.187. The van der Waals surface area contributed by atoms with Gasteiger partial charge in [0.05, 0.1) is 30.2 Å². The maximum absolute atomic E-state index is 11.5. The highest BCUT2D eigenvalue weighted by molar-refractivity contribution is 8.00. The van der Waals surface area contributed by atoms with Crippen LogP contribution in [0, 0.1) is 11.3 Å². The molecule has 1 aromatic carbocycles. The molecule has 0 aliphatic carbocycles. The Morgan fingerprint density at radius 1 is 1.50 bits per heavy atom. The first-order valence-corrected chi connectivity index (χ1v) is 6.25. The van der Waals surface area contributed by atoms with E-state index in [2.05, 4.69) is 10.1 Å². The van der Waals surface area contributed by atoms with Gasteiger partial charge in [0.25, 0.3) is 0 Å². The average molecular weight is 264 g/mol. The van der Waals surface area contributed by atoms with E-state index in [1.807, 2.05) is 6.07 Å². The molecule has 0 aliphatic rings. The van der Waals surface area contributed by atoms with E-state index in [9.17, 15) is 9.59 Å². The average Bonchev–Trinajstić information content (AvgIpc) is 2.38. The van der Waals surface area contributed by atoms with Gasteiger partial charge in [-0.05, 0) is 18.2 Å². The second kappa shape index (κ2) is 7.35. The Kier molecular flexibility index (Phi) is 5.74. The topological polar surface area (TPSA) is 79.2 Å². The number of rotatable bonds is 5. The molecule has 0 heterocycles. The number of anilines is 1. The summed E-state index contributed by atoms with van der Waals surface area (Å²) in [6, 6.07) is 8.42. The van der Waals surface area contributed by atoms with Crippen LogP contribution in [0.25, 0.3) is 0 Å². The summed E-state index contributed by atoms with van der Waals surface area (Å²) in [6.07, 6.45) is 0. The van der Waals surface area contributed by atoms with Crippen molar-refractivity contribution in [1.82, 2.24) is 0 Å². The number of esters is 1. The van der Waals surface area contributed by atoms with Crippen molar-refractivity contribution in [3.05, 3.63) is 29.8 Å². The van der Waals surface area contributed by atoms with Crippen molar-refractivity contribution in [3.8, 4) is 6.07 Å². The van der Waals surface area contributed by atoms with Crippen molar-refractivity contribution >= 4 is 29.3 Å². The fourth-order valence-corrected chi connectivity index (χ4v) is 1.68. The van der Waals surface area contributed by atoms with Gasteiger partial charge < -0.3 is 10.1 Å². The van der Waals surface area contributed by atoms with E-state index in [4.69, 9.17) is 5.26 Å². The molecule has 1 aromatic rings. The van der Waals surface area contributed by atoms with E-state index in [-0.39, 0.29) is 17.4 Å². The number of benzene rings is 1. The lowest BCUT2D eigenvalue weighted by atomic mass is 10.2. The molecule has 0 fully saturated rings. The van der Waals surface area contributed by atoms with Gasteiger partial charge in [-0.25, -0.2) is 4.79 Å². The molecule has 0 unspecified atom stereocenters. The number of amides is 1. The van der Waals surface area contributed by atoms with Crippen LogP contribution in [-0.4, -0.2) is 30.5 Å². The lowest BCUT2D eigenvalue weighted by Crippen LogP contribution is -2.14. The van der Waals surface area contributed by atoms with Crippen LogP contribution in [0.5, 0.6) is 0 Å². The van der Waals surface area contributed by atoms with Gasteiger partial charge in [0.2, 0.25) is 5.91 Å². The van der Waals surface area contributed by atoms with Crippen molar-refractivity contribution in [2.45, 2.75) is 0 Å². The van der Waals surface area contributed by atoms with Crippen LogP contribution in [0.1, 0.15) is 10.4 Å². The van der Waals surface area contributed by atoms with Gasteiger partial charge in [-0.3, -0.25) is 4.79 Å². The number of methoxy groups -OCH3 is 1. The molecule has 0 bridgehead atoms. The predicted octanol–water partition coefficient (Wildman–Crippen LogP) is 1.67. The van der Waals surface area contributed by atoms with Crippen molar-refractivity contribution in [3.63, 3.8) is 0 Å². The van der Waals surface area contributed by atoms with Gasteiger partial charge in [0.15, 0.2) is 0 Å². The third-order valence-electron chi connectivity index (χ3n) is 1.97. The second-order valence-electron chi connectivity index (χ2n) is 3.27. The second-order valence-corrected chi connectivity index (χ2v) is 4.26. The fraction of sp³-hybridized carbons (Fsp3) is 0.250. The van der Waals surface area contributed by atoms with E-state index >= 15 is 0 Å². The molecule has 0 spiro atoms. The van der Waals surface area contributed by atoms with Gasteiger partial charge >= 0.3 is 5.97 Å². The number of carbonyl (C=O) groups is 2. The molecule has 0 saturated heterocycles. The van der Waals surface area contributed by atoms with E-state index in [1.54, 1.807) is 24.3 Å². The number of nitrogens with one attached hydrogen (secondary N) is 1.